The summed E-state index contributed by atoms with van der Waals surface area (Å²) in [6, 6.07) is 8.01. The average Bonchev–Trinajstić information content (AvgIpc) is 3.30. The lowest BCUT2D eigenvalue weighted by molar-refractivity contribution is 0.297. The summed E-state index contributed by atoms with van der Waals surface area (Å²) in [6.07, 6.45) is 10.3. The molecule has 1 saturated carbocycles. The lowest BCUT2D eigenvalue weighted by atomic mass is 10.0. The molecule has 27 heavy (non-hydrogen) atoms. The molecule has 0 unspecified atom stereocenters. The molecule has 1 aliphatic carbocycles. The van der Waals surface area contributed by atoms with Gasteiger partial charge in [-0.05, 0) is 36.6 Å². The van der Waals surface area contributed by atoms with Gasteiger partial charge in [0.1, 0.15) is 0 Å². The predicted octanol–water partition coefficient (Wildman–Crippen LogP) is 4.08. The number of benzene rings is 1. The first kappa shape index (κ1) is 16.5. The molecule has 0 radical (unpaired) electrons. The second-order valence-corrected chi connectivity index (χ2v) is 7.47. The van der Waals surface area contributed by atoms with Crippen LogP contribution in [0.4, 0.5) is 0 Å². The normalized spacial score (nSPS) is 17.3. The molecule has 5 rings (SSSR count). The minimum atomic E-state index is 0.654. The van der Waals surface area contributed by atoms with Gasteiger partial charge < -0.3 is 9.47 Å². The third-order valence-electron chi connectivity index (χ3n) is 5.58. The number of hydrogen-bond donors (Lipinski definition) is 0. The number of aryl methyl sites for hydroxylation is 1. The highest BCUT2D eigenvalue weighted by Crippen LogP contribution is 2.34. The van der Waals surface area contributed by atoms with Crippen LogP contribution in [0.15, 0.2) is 30.5 Å². The third-order valence-corrected chi connectivity index (χ3v) is 5.58. The number of nitrogens with zero attached hydrogens (tertiary/aromatic N) is 4. The summed E-state index contributed by atoms with van der Waals surface area (Å²) in [6.45, 7) is 1.37. The monoisotopic (exact) mass is 364 g/mol. The molecule has 1 fully saturated rings. The number of aromatic nitrogens is 4. The molecule has 140 valence electrons. The summed E-state index contributed by atoms with van der Waals surface area (Å²) in [5.74, 6) is 3.97. The van der Waals surface area contributed by atoms with Crippen LogP contribution in [0.25, 0.3) is 17.0 Å². The van der Waals surface area contributed by atoms with Crippen LogP contribution in [0.3, 0.4) is 0 Å². The van der Waals surface area contributed by atoms with E-state index in [0.29, 0.717) is 19.0 Å². The summed E-state index contributed by atoms with van der Waals surface area (Å²) in [5, 5.41) is 4.75. The van der Waals surface area contributed by atoms with E-state index in [9.17, 15) is 0 Å². The Labute approximate surface area is 158 Å². The van der Waals surface area contributed by atoms with Crippen molar-refractivity contribution in [2.75, 3.05) is 13.2 Å². The van der Waals surface area contributed by atoms with Crippen molar-refractivity contribution >= 4 is 5.78 Å². The van der Waals surface area contributed by atoms with Gasteiger partial charge in [0.25, 0.3) is 5.78 Å². The van der Waals surface area contributed by atoms with Crippen LogP contribution in [-0.4, -0.2) is 32.8 Å². The first-order chi connectivity index (χ1) is 13.4. The Balaban J connectivity index is 1.45. The van der Waals surface area contributed by atoms with Crippen molar-refractivity contribution in [1.29, 1.82) is 0 Å². The van der Waals surface area contributed by atoms with Crippen molar-refractivity contribution in [3.63, 3.8) is 0 Å². The molecule has 3 aromatic rings. The fraction of sp³-hybridized carbons (Fsp3) is 0.476. The second-order valence-electron chi connectivity index (χ2n) is 7.47. The van der Waals surface area contributed by atoms with Crippen LogP contribution in [0.2, 0.25) is 0 Å². The zero-order chi connectivity index (χ0) is 18.1. The van der Waals surface area contributed by atoms with E-state index in [0.717, 1.165) is 47.3 Å². The zero-order valence-electron chi connectivity index (χ0n) is 15.4. The average molecular weight is 364 g/mol. The molecule has 0 saturated heterocycles. The quantitative estimate of drug-likeness (QED) is 0.698. The lowest BCUT2D eigenvalue weighted by Gasteiger charge is -2.10. The fourth-order valence-corrected chi connectivity index (χ4v) is 4.11. The maximum Gasteiger partial charge on any atom is 0.252 e. The van der Waals surface area contributed by atoms with E-state index >= 15 is 0 Å². The van der Waals surface area contributed by atoms with Gasteiger partial charge in [-0.25, -0.2) is 4.98 Å². The molecule has 0 bridgehead atoms. The summed E-state index contributed by atoms with van der Waals surface area (Å²) in [5.41, 5.74) is 1.99. The number of hydrogen-bond acceptors (Lipinski definition) is 5. The number of ether oxygens (including phenoxy) is 2. The van der Waals surface area contributed by atoms with E-state index in [4.69, 9.17) is 14.6 Å². The van der Waals surface area contributed by atoms with Crippen LogP contribution in [0.5, 0.6) is 11.5 Å². The van der Waals surface area contributed by atoms with E-state index in [1.807, 2.05) is 28.8 Å². The van der Waals surface area contributed by atoms with Crippen molar-refractivity contribution in [2.24, 2.45) is 5.92 Å². The van der Waals surface area contributed by atoms with Gasteiger partial charge in [-0.15, -0.1) is 5.10 Å². The van der Waals surface area contributed by atoms with Gasteiger partial charge in [0.2, 0.25) is 0 Å². The Morgan fingerprint density at radius 1 is 1.00 bits per heavy atom. The Morgan fingerprint density at radius 2 is 1.85 bits per heavy atom. The Kier molecular flexibility index (Phi) is 4.40. The molecule has 0 atom stereocenters. The molecule has 2 aliphatic rings. The molecule has 6 heteroatoms. The lowest BCUT2D eigenvalue weighted by Crippen LogP contribution is -1.99. The predicted molar refractivity (Wildman–Crippen MR) is 102 cm³/mol. The van der Waals surface area contributed by atoms with E-state index in [2.05, 4.69) is 9.97 Å². The number of rotatable bonds is 4. The van der Waals surface area contributed by atoms with E-state index < -0.39 is 0 Å². The van der Waals surface area contributed by atoms with Crippen molar-refractivity contribution in [2.45, 2.75) is 44.9 Å². The maximum atomic E-state index is 5.84. The summed E-state index contributed by atoms with van der Waals surface area (Å²) >= 11 is 0. The highest BCUT2D eigenvalue weighted by Gasteiger charge is 2.17. The van der Waals surface area contributed by atoms with E-state index in [-0.39, 0.29) is 0 Å². The highest BCUT2D eigenvalue weighted by atomic mass is 16.5. The molecule has 1 aromatic carbocycles. The summed E-state index contributed by atoms with van der Waals surface area (Å²) in [7, 11) is 0. The van der Waals surface area contributed by atoms with Gasteiger partial charge in [-0.3, -0.25) is 0 Å². The van der Waals surface area contributed by atoms with Crippen molar-refractivity contribution in [3.05, 3.63) is 36.3 Å². The first-order valence-corrected chi connectivity index (χ1v) is 9.97. The van der Waals surface area contributed by atoms with Gasteiger partial charge in [-0.1, -0.05) is 25.7 Å². The van der Waals surface area contributed by atoms with Crippen LogP contribution in [-0.2, 0) is 6.42 Å². The second kappa shape index (κ2) is 7.18. The standard InChI is InChI=1S/C21H24N4O2/c1-2-5-15(4-1)6-9-20-23-21-22-11-10-17(25(21)24-20)16-7-8-18-19(14-16)27-13-3-12-26-18/h7-8,10-11,14-15H,1-6,9,12-13H2. The van der Waals surface area contributed by atoms with Gasteiger partial charge >= 0.3 is 0 Å². The first-order valence-electron chi connectivity index (χ1n) is 9.97. The largest absolute Gasteiger partial charge is 0.490 e. The van der Waals surface area contributed by atoms with E-state index in [1.165, 1.54) is 32.1 Å². The Bertz CT molecular complexity index is 947. The van der Waals surface area contributed by atoms with Crippen molar-refractivity contribution < 1.29 is 9.47 Å². The summed E-state index contributed by atoms with van der Waals surface area (Å²) < 4.78 is 13.4. The molecule has 0 amide bonds. The maximum absolute atomic E-state index is 5.84. The minimum absolute atomic E-state index is 0.654. The molecule has 0 N–H and O–H groups in total. The molecule has 2 aromatic heterocycles. The Hall–Kier alpha value is -2.63. The molecular formula is C21H24N4O2. The zero-order valence-corrected chi connectivity index (χ0v) is 15.4. The van der Waals surface area contributed by atoms with Crippen LogP contribution in [0, 0.1) is 5.92 Å². The number of fused-ring (bicyclic) bond motifs is 2. The van der Waals surface area contributed by atoms with Gasteiger partial charge in [0, 0.05) is 24.6 Å². The molecule has 3 heterocycles. The van der Waals surface area contributed by atoms with Gasteiger partial charge in [0.15, 0.2) is 17.3 Å². The molecule has 0 spiro atoms. The fourth-order valence-electron chi connectivity index (χ4n) is 4.11. The SMILES string of the molecule is c1cc(-c2ccc3c(c2)OCCCO3)n2nc(CCC3CCCC3)nc2n1. The highest BCUT2D eigenvalue weighted by molar-refractivity contribution is 5.65. The van der Waals surface area contributed by atoms with E-state index in [1.54, 1.807) is 6.20 Å². The minimum Gasteiger partial charge on any atom is -0.490 e. The molecule has 6 nitrogen and oxygen atoms in total. The van der Waals surface area contributed by atoms with Crippen molar-refractivity contribution in [3.8, 4) is 22.8 Å². The smallest absolute Gasteiger partial charge is 0.252 e. The topological polar surface area (TPSA) is 61.5 Å². The Morgan fingerprint density at radius 3 is 2.74 bits per heavy atom. The van der Waals surface area contributed by atoms with Crippen LogP contribution < -0.4 is 9.47 Å². The molecular weight excluding hydrogens is 340 g/mol. The van der Waals surface area contributed by atoms with Gasteiger partial charge in [0.05, 0.1) is 18.9 Å². The van der Waals surface area contributed by atoms with Crippen LogP contribution >= 0.6 is 0 Å². The molecule has 1 aliphatic heterocycles. The van der Waals surface area contributed by atoms with Crippen LogP contribution in [0.1, 0.15) is 44.3 Å². The van der Waals surface area contributed by atoms with Gasteiger partial charge in [-0.2, -0.15) is 9.50 Å². The third kappa shape index (κ3) is 3.36. The summed E-state index contributed by atoms with van der Waals surface area (Å²) in [4.78, 5) is 9.05. The van der Waals surface area contributed by atoms with Crippen molar-refractivity contribution in [1.82, 2.24) is 19.6 Å².